The van der Waals surface area contributed by atoms with E-state index in [2.05, 4.69) is 36.7 Å². The van der Waals surface area contributed by atoms with Crippen LogP contribution in [0.1, 0.15) is 31.2 Å². The van der Waals surface area contributed by atoms with Crippen LogP contribution in [-0.2, 0) is 4.74 Å². The summed E-state index contributed by atoms with van der Waals surface area (Å²) in [6, 6.07) is 4.81. The minimum Gasteiger partial charge on any atom is -0.385 e. The summed E-state index contributed by atoms with van der Waals surface area (Å²) in [7, 11) is 1.75. The van der Waals surface area contributed by atoms with Crippen molar-refractivity contribution >= 4 is 11.3 Å². The number of nitrogens with one attached hydrogen (secondary N) is 1. The fraction of sp³-hybridized carbons (Fsp3) is 0.667. The zero-order valence-corrected chi connectivity index (χ0v) is 10.6. The normalized spacial score (nSPS) is 13.3. The highest BCUT2D eigenvalue weighted by atomic mass is 32.1. The Labute approximate surface area is 96.7 Å². The van der Waals surface area contributed by atoms with E-state index >= 15 is 0 Å². The van der Waals surface area contributed by atoms with Crippen LogP contribution in [0.4, 0.5) is 0 Å². The lowest BCUT2D eigenvalue weighted by Gasteiger charge is -2.21. The minimum absolute atomic E-state index is 0.488. The number of thiophene rings is 1. The van der Waals surface area contributed by atoms with Gasteiger partial charge in [-0.25, -0.2) is 0 Å². The molecule has 0 aliphatic carbocycles. The van der Waals surface area contributed by atoms with E-state index in [0.29, 0.717) is 12.0 Å². The van der Waals surface area contributed by atoms with Gasteiger partial charge >= 0.3 is 0 Å². The van der Waals surface area contributed by atoms with Gasteiger partial charge in [0.05, 0.1) is 0 Å². The van der Waals surface area contributed by atoms with Gasteiger partial charge in [0.1, 0.15) is 0 Å². The van der Waals surface area contributed by atoms with Crippen molar-refractivity contribution in [2.45, 2.75) is 26.3 Å². The Morgan fingerprint density at radius 2 is 2.27 bits per heavy atom. The second-order valence-electron chi connectivity index (χ2n) is 4.04. The summed E-state index contributed by atoms with van der Waals surface area (Å²) in [5.41, 5.74) is 0. The fourth-order valence-electron chi connectivity index (χ4n) is 1.61. The van der Waals surface area contributed by atoms with Gasteiger partial charge in [-0.3, -0.25) is 0 Å². The van der Waals surface area contributed by atoms with Gasteiger partial charge < -0.3 is 10.1 Å². The molecular weight excluding hydrogens is 206 g/mol. The van der Waals surface area contributed by atoms with E-state index in [1.54, 1.807) is 7.11 Å². The van der Waals surface area contributed by atoms with Gasteiger partial charge in [-0.1, -0.05) is 19.9 Å². The van der Waals surface area contributed by atoms with E-state index in [-0.39, 0.29) is 0 Å². The van der Waals surface area contributed by atoms with Crippen molar-refractivity contribution in [1.82, 2.24) is 5.32 Å². The lowest BCUT2D eigenvalue weighted by molar-refractivity contribution is 0.192. The molecule has 0 saturated carbocycles. The standard InChI is InChI=1S/C12H21NOS/c1-10(2)12(11-6-4-9-15-11)13-7-5-8-14-3/h4,6,9-10,12-13H,5,7-8H2,1-3H3. The van der Waals surface area contributed by atoms with Gasteiger partial charge in [-0.15, -0.1) is 11.3 Å². The molecule has 1 heterocycles. The van der Waals surface area contributed by atoms with Crippen LogP contribution in [0, 0.1) is 5.92 Å². The van der Waals surface area contributed by atoms with Crippen molar-refractivity contribution in [3.05, 3.63) is 22.4 Å². The van der Waals surface area contributed by atoms with Gasteiger partial charge in [0.25, 0.3) is 0 Å². The largest absolute Gasteiger partial charge is 0.385 e. The lowest BCUT2D eigenvalue weighted by Crippen LogP contribution is -2.26. The molecule has 0 spiro atoms. The average Bonchev–Trinajstić information content (AvgIpc) is 2.70. The van der Waals surface area contributed by atoms with Crippen LogP contribution in [0.2, 0.25) is 0 Å². The maximum atomic E-state index is 5.04. The molecule has 1 N–H and O–H groups in total. The fourth-order valence-corrected chi connectivity index (χ4v) is 2.58. The van der Waals surface area contributed by atoms with Crippen molar-refractivity contribution < 1.29 is 4.74 Å². The van der Waals surface area contributed by atoms with Gasteiger partial charge in [0.15, 0.2) is 0 Å². The monoisotopic (exact) mass is 227 g/mol. The Morgan fingerprint density at radius 1 is 1.47 bits per heavy atom. The van der Waals surface area contributed by atoms with Crippen LogP contribution in [0.3, 0.4) is 0 Å². The van der Waals surface area contributed by atoms with Crippen molar-refractivity contribution in [2.75, 3.05) is 20.3 Å². The maximum Gasteiger partial charge on any atom is 0.0474 e. The van der Waals surface area contributed by atoms with Crippen LogP contribution in [-0.4, -0.2) is 20.3 Å². The molecule has 0 aliphatic rings. The molecule has 0 bridgehead atoms. The summed E-state index contributed by atoms with van der Waals surface area (Å²) in [4.78, 5) is 1.43. The first-order valence-corrected chi connectivity index (χ1v) is 6.39. The van der Waals surface area contributed by atoms with Gasteiger partial charge in [-0.2, -0.15) is 0 Å². The molecule has 1 aromatic heterocycles. The third-order valence-corrected chi connectivity index (χ3v) is 3.36. The Balaban J connectivity index is 2.39. The topological polar surface area (TPSA) is 21.3 Å². The molecule has 0 saturated heterocycles. The lowest BCUT2D eigenvalue weighted by atomic mass is 10.0. The van der Waals surface area contributed by atoms with Gasteiger partial charge in [0, 0.05) is 24.6 Å². The summed E-state index contributed by atoms with van der Waals surface area (Å²) in [6.45, 7) is 6.37. The summed E-state index contributed by atoms with van der Waals surface area (Å²) in [5.74, 6) is 0.631. The molecule has 86 valence electrons. The molecule has 15 heavy (non-hydrogen) atoms. The predicted molar refractivity (Wildman–Crippen MR) is 66.4 cm³/mol. The first-order valence-electron chi connectivity index (χ1n) is 5.51. The van der Waals surface area contributed by atoms with Gasteiger partial charge in [-0.05, 0) is 30.3 Å². The van der Waals surface area contributed by atoms with E-state index in [1.807, 2.05) is 11.3 Å². The molecule has 0 radical (unpaired) electrons. The Hall–Kier alpha value is -0.380. The summed E-state index contributed by atoms with van der Waals surface area (Å²) >= 11 is 1.83. The first kappa shape index (κ1) is 12.7. The van der Waals surface area contributed by atoms with Crippen molar-refractivity contribution in [3.63, 3.8) is 0 Å². The van der Waals surface area contributed by atoms with Crippen LogP contribution >= 0.6 is 11.3 Å². The maximum absolute atomic E-state index is 5.04. The van der Waals surface area contributed by atoms with E-state index in [9.17, 15) is 0 Å². The summed E-state index contributed by atoms with van der Waals surface area (Å²) in [5, 5.41) is 5.73. The van der Waals surface area contributed by atoms with Crippen LogP contribution < -0.4 is 5.32 Å². The highest BCUT2D eigenvalue weighted by molar-refractivity contribution is 7.10. The first-order chi connectivity index (χ1) is 7.25. The average molecular weight is 227 g/mol. The molecule has 3 heteroatoms. The Bertz CT molecular complexity index is 246. The zero-order valence-electron chi connectivity index (χ0n) is 9.82. The molecule has 1 rings (SSSR count). The highest BCUT2D eigenvalue weighted by Crippen LogP contribution is 2.25. The third-order valence-electron chi connectivity index (χ3n) is 2.41. The Kier molecular flexibility index (Phi) is 5.91. The number of hydrogen-bond acceptors (Lipinski definition) is 3. The summed E-state index contributed by atoms with van der Waals surface area (Å²) in [6.07, 6.45) is 1.07. The highest BCUT2D eigenvalue weighted by Gasteiger charge is 2.15. The van der Waals surface area contributed by atoms with E-state index in [0.717, 1.165) is 19.6 Å². The molecule has 0 aromatic carbocycles. The second kappa shape index (κ2) is 6.99. The molecule has 0 fully saturated rings. The van der Waals surface area contributed by atoms with Crippen molar-refractivity contribution in [1.29, 1.82) is 0 Å². The molecule has 1 unspecified atom stereocenters. The van der Waals surface area contributed by atoms with Crippen molar-refractivity contribution in [3.8, 4) is 0 Å². The molecule has 0 aliphatic heterocycles. The molecule has 0 amide bonds. The quantitative estimate of drug-likeness (QED) is 0.723. The SMILES string of the molecule is COCCCNC(c1cccs1)C(C)C. The van der Waals surface area contributed by atoms with Crippen LogP contribution in [0.25, 0.3) is 0 Å². The van der Waals surface area contributed by atoms with Crippen molar-refractivity contribution in [2.24, 2.45) is 5.92 Å². The molecule has 2 nitrogen and oxygen atoms in total. The number of ether oxygens (including phenoxy) is 1. The van der Waals surface area contributed by atoms with E-state index < -0.39 is 0 Å². The second-order valence-corrected chi connectivity index (χ2v) is 5.02. The van der Waals surface area contributed by atoms with E-state index in [4.69, 9.17) is 4.74 Å². The van der Waals surface area contributed by atoms with E-state index in [1.165, 1.54) is 4.88 Å². The van der Waals surface area contributed by atoms with Gasteiger partial charge in [0.2, 0.25) is 0 Å². The number of methoxy groups -OCH3 is 1. The van der Waals surface area contributed by atoms with Crippen LogP contribution in [0.5, 0.6) is 0 Å². The summed E-state index contributed by atoms with van der Waals surface area (Å²) < 4.78 is 5.04. The van der Waals surface area contributed by atoms with Crippen LogP contribution in [0.15, 0.2) is 17.5 Å². The number of hydrogen-bond donors (Lipinski definition) is 1. The molecule has 1 atom stereocenters. The predicted octanol–water partition coefficient (Wildman–Crippen LogP) is 3.07. The zero-order chi connectivity index (χ0) is 11.1. The Morgan fingerprint density at radius 3 is 2.80 bits per heavy atom. The molecule has 1 aromatic rings. The third kappa shape index (κ3) is 4.33. The molecular formula is C12H21NOS. The smallest absolute Gasteiger partial charge is 0.0474 e. The minimum atomic E-state index is 0.488. The number of rotatable bonds is 7.